The second-order valence-corrected chi connectivity index (χ2v) is 9.24. The van der Waals surface area contributed by atoms with Crippen molar-refractivity contribution < 1.29 is 14.5 Å². The molecule has 0 bridgehead atoms. The maximum absolute atomic E-state index is 12.9. The number of rotatable bonds is 7. The SMILES string of the molecule is CCOc1ccc(-c2nc(NC(=O)c3ccc([N+](=O)[O-])s3)c3cnn(C4CCCCC4)c3n2)cn1. The highest BCUT2D eigenvalue weighted by atomic mass is 32.1. The van der Waals surface area contributed by atoms with Gasteiger partial charge in [0.15, 0.2) is 11.5 Å². The Labute approximate surface area is 204 Å². The van der Waals surface area contributed by atoms with Crippen molar-refractivity contribution in [3.05, 3.63) is 51.7 Å². The molecular weight excluding hydrogens is 470 g/mol. The molecule has 1 N–H and O–H groups in total. The van der Waals surface area contributed by atoms with Crippen molar-refractivity contribution in [2.24, 2.45) is 0 Å². The first-order chi connectivity index (χ1) is 17.0. The number of aromatic nitrogens is 5. The van der Waals surface area contributed by atoms with Crippen LogP contribution in [0.3, 0.4) is 0 Å². The van der Waals surface area contributed by atoms with Gasteiger partial charge in [0.1, 0.15) is 5.82 Å². The maximum Gasteiger partial charge on any atom is 0.324 e. The average Bonchev–Trinajstić information content (AvgIpc) is 3.53. The Morgan fingerprint density at radius 2 is 2.03 bits per heavy atom. The molecule has 11 nitrogen and oxygen atoms in total. The number of amides is 1. The van der Waals surface area contributed by atoms with Crippen LogP contribution in [0.25, 0.3) is 22.4 Å². The van der Waals surface area contributed by atoms with Gasteiger partial charge >= 0.3 is 5.00 Å². The summed E-state index contributed by atoms with van der Waals surface area (Å²) in [6, 6.07) is 6.53. The van der Waals surface area contributed by atoms with Gasteiger partial charge in [0.25, 0.3) is 5.91 Å². The first-order valence-corrected chi connectivity index (χ1v) is 12.2. The third-order valence-corrected chi connectivity index (χ3v) is 6.92. The van der Waals surface area contributed by atoms with Crippen molar-refractivity contribution in [3.8, 4) is 17.3 Å². The van der Waals surface area contributed by atoms with E-state index in [1.165, 1.54) is 18.6 Å². The molecule has 0 aromatic carbocycles. The summed E-state index contributed by atoms with van der Waals surface area (Å²) in [5.41, 5.74) is 1.29. The molecule has 0 atom stereocenters. The number of anilines is 1. The van der Waals surface area contributed by atoms with Crippen LogP contribution in [0, 0.1) is 10.1 Å². The lowest BCUT2D eigenvalue weighted by molar-refractivity contribution is -0.380. The van der Waals surface area contributed by atoms with Gasteiger partial charge in [0.2, 0.25) is 5.88 Å². The number of carbonyl (C=O) groups excluding carboxylic acids is 1. The van der Waals surface area contributed by atoms with E-state index in [0.29, 0.717) is 40.7 Å². The minimum atomic E-state index is -0.518. The van der Waals surface area contributed by atoms with Gasteiger partial charge in [-0.15, -0.1) is 0 Å². The Morgan fingerprint density at radius 1 is 1.20 bits per heavy atom. The third-order valence-electron chi connectivity index (χ3n) is 5.89. The van der Waals surface area contributed by atoms with Crippen LogP contribution >= 0.6 is 11.3 Å². The van der Waals surface area contributed by atoms with E-state index in [4.69, 9.17) is 9.72 Å². The van der Waals surface area contributed by atoms with E-state index in [1.54, 1.807) is 18.5 Å². The van der Waals surface area contributed by atoms with E-state index in [1.807, 2.05) is 17.7 Å². The predicted octanol–water partition coefficient (Wildman–Crippen LogP) is 5.01. The zero-order valence-electron chi connectivity index (χ0n) is 19.0. The van der Waals surface area contributed by atoms with Crippen LogP contribution in [-0.4, -0.2) is 42.2 Å². The molecule has 1 saturated carbocycles. The van der Waals surface area contributed by atoms with Crippen molar-refractivity contribution in [2.75, 3.05) is 11.9 Å². The van der Waals surface area contributed by atoms with Crippen LogP contribution in [0.15, 0.2) is 36.7 Å². The molecule has 1 amide bonds. The first-order valence-electron chi connectivity index (χ1n) is 11.4. The molecular formula is C23H23N7O4S. The summed E-state index contributed by atoms with van der Waals surface area (Å²) in [7, 11) is 0. The van der Waals surface area contributed by atoms with Gasteiger partial charge in [-0.1, -0.05) is 30.6 Å². The summed E-state index contributed by atoms with van der Waals surface area (Å²) in [5, 5.41) is 18.9. The fourth-order valence-electron chi connectivity index (χ4n) is 4.21. The van der Waals surface area contributed by atoms with E-state index >= 15 is 0 Å². The summed E-state index contributed by atoms with van der Waals surface area (Å²) < 4.78 is 7.35. The molecule has 180 valence electrons. The highest BCUT2D eigenvalue weighted by Crippen LogP contribution is 2.33. The Bertz CT molecular complexity index is 1380. The molecule has 4 heterocycles. The molecule has 0 aliphatic heterocycles. The van der Waals surface area contributed by atoms with E-state index < -0.39 is 10.8 Å². The van der Waals surface area contributed by atoms with Crippen LogP contribution in [0.1, 0.15) is 54.7 Å². The van der Waals surface area contributed by atoms with Crippen LogP contribution in [-0.2, 0) is 0 Å². The third kappa shape index (κ3) is 4.69. The van der Waals surface area contributed by atoms with Crippen molar-refractivity contribution in [1.29, 1.82) is 0 Å². The number of fused-ring (bicyclic) bond motifs is 1. The molecule has 0 spiro atoms. The average molecular weight is 494 g/mol. The summed E-state index contributed by atoms with van der Waals surface area (Å²) >= 11 is 0.809. The topological polar surface area (TPSA) is 138 Å². The fraction of sp³-hybridized carbons (Fsp3) is 0.348. The van der Waals surface area contributed by atoms with E-state index in [0.717, 1.165) is 37.0 Å². The lowest BCUT2D eigenvalue weighted by atomic mass is 9.96. The minimum Gasteiger partial charge on any atom is -0.478 e. The van der Waals surface area contributed by atoms with Gasteiger partial charge in [0, 0.05) is 23.9 Å². The van der Waals surface area contributed by atoms with Crippen LogP contribution in [0.4, 0.5) is 10.8 Å². The monoisotopic (exact) mass is 493 g/mol. The Balaban J connectivity index is 1.56. The molecule has 12 heteroatoms. The number of nitrogens with zero attached hydrogens (tertiary/aromatic N) is 6. The van der Waals surface area contributed by atoms with Gasteiger partial charge in [-0.3, -0.25) is 14.9 Å². The summed E-state index contributed by atoms with van der Waals surface area (Å²) in [6.07, 6.45) is 8.80. The number of nitro groups is 1. The number of ether oxygens (including phenoxy) is 1. The summed E-state index contributed by atoms with van der Waals surface area (Å²) in [5.74, 6) is 0.696. The van der Waals surface area contributed by atoms with Gasteiger partial charge in [0.05, 0.1) is 34.0 Å². The van der Waals surface area contributed by atoms with Crippen LogP contribution < -0.4 is 10.1 Å². The highest BCUT2D eigenvalue weighted by Gasteiger charge is 2.23. The van der Waals surface area contributed by atoms with E-state index in [2.05, 4.69) is 20.4 Å². The molecule has 0 saturated heterocycles. The molecule has 1 aliphatic rings. The predicted molar refractivity (Wildman–Crippen MR) is 131 cm³/mol. The summed E-state index contributed by atoms with van der Waals surface area (Å²) in [4.78, 5) is 37.4. The largest absolute Gasteiger partial charge is 0.478 e. The van der Waals surface area contributed by atoms with E-state index in [-0.39, 0.29) is 15.9 Å². The Hall–Kier alpha value is -3.93. The van der Waals surface area contributed by atoms with Gasteiger partial charge < -0.3 is 10.1 Å². The molecule has 1 aliphatic carbocycles. The highest BCUT2D eigenvalue weighted by molar-refractivity contribution is 7.17. The van der Waals surface area contributed by atoms with Crippen molar-refractivity contribution in [1.82, 2.24) is 24.7 Å². The minimum absolute atomic E-state index is 0.103. The molecule has 4 aromatic heterocycles. The quantitative estimate of drug-likeness (QED) is 0.280. The lowest BCUT2D eigenvalue weighted by Crippen LogP contribution is -2.16. The maximum atomic E-state index is 12.9. The Kier molecular flexibility index (Phi) is 6.36. The van der Waals surface area contributed by atoms with Crippen LogP contribution in [0.5, 0.6) is 5.88 Å². The molecule has 35 heavy (non-hydrogen) atoms. The van der Waals surface area contributed by atoms with Crippen LogP contribution in [0.2, 0.25) is 0 Å². The van der Waals surface area contributed by atoms with Gasteiger partial charge in [-0.05, 0) is 31.9 Å². The number of pyridine rings is 1. The van der Waals surface area contributed by atoms with Crippen molar-refractivity contribution >= 4 is 39.1 Å². The molecule has 4 aromatic rings. The first kappa shape index (κ1) is 22.8. The molecule has 5 rings (SSSR count). The number of hydrogen-bond donors (Lipinski definition) is 1. The number of carbonyl (C=O) groups is 1. The lowest BCUT2D eigenvalue weighted by Gasteiger charge is -2.22. The van der Waals surface area contributed by atoms with E-state index in [9.17, 15) is 14.9 Å². The van der Waals surface area contributed by atoms with Crippen molar-refractivity contribution in [2.45, 2.75) is 45.1 Å². The van der Waals surface area contributed by atoms with Gasteiger partial charge in [-0.2, -0.15) is 5.10 Å². The smallest absolute Gasteiger partial charge is 0.324 e. The second-order valence-electron chi connectivity index (χ2n) is 8.18. The Morgan fingerprint density at radius 3 is 2.71 bits per heavy atom. The standard InChI is InChI=1S/C23H23N7O4S/c1-2-34-18-10-8-14(12-24-18)20-26-21(28-23(31)17-9-11-19(35-17)30(32)33)16-13-25-29(22(16)27-20)15-6-4-3-5-7-15/h8-13,15H,2-7H2,1H3,(H,26,27,28,31). The fourth-order valence-corrected chi connectivity index (χ4v) is 4.92. The summed E-state index contributed by atoms with van der Waals surface area (Å²) in [6.45, 7) is 2.39. The van der Waals surface area contributed by atoms with Crippen molar-refractivity contribution in [3.63, 3.8) is 0 Å². The number of hydrogen-bond acceptors (Lipinski definition) is 9. The molecule has 1 fully saturated rings. The normalized spacial score (nSPS) is 14.2. The zero-order chi connectivity index (χ0) is 24.4. The molecule has 0 unspecified atom stereocenters. The number of nitrogens with one attached hydrogen (secondary N) is 1. The second kappa shape index (κ2) is 9.74. The molecule has 0 radical (unpaired) electrons. The zero-order valence-corrected chi connectivity index (χ0v) is 19.8. The van der Waals surface area contributed by atoms with Gasteiger partial charge in [-0.25, -0.2) is 19.6 Å². The number of thiophene rings is 1.